The van der Waals surface area contributed by atoms with E-state index in [0.29, 0.717) is 12.4 Å². The zero-order chi connectivity index (χ0) is 17.6. The van der Waals surface area contributed by atoms with Gasteiger partial charge < -0.3 is 5.32 Å². The summed E-state index contributed by atoms with van der Waals surface area (Å²) in [5.74, 6) is 0.165. The van der Waals surface area contributed by atoms with E-state index in [9.17, 15) is 13.2 Å². The SMILES string of the molecule is CCNS(=O)(=O)c1ccc(/C=C\C(=O)Nc2ccc(C)cn2)cc1. The first-order chi connectivity index (χ1) is 11.4. The number of anilines is 1. The first-order valence-corrected chi connectivity index (χ1v) is 8.90. The standard InChI is InChI=1S/C17H19N3O3S/c1-3-19-24(22,23)15-8-5-14(6-9-15)7-11-17(21)20-16-10-4-13(2)12-18-16/h4-12,19H,3H2,1-2H3,(H,18,20,21)/b11-7-. The minimum atomic E-state index is -3.46. The maximum Gasteiger partial charge on any atom is 0.249 e. The van der Waals surface area contributed by atoms with Crippen molar-refractivity contribution >= 4 is 27.8 Å². The number of carbonyl (C=O) groups excluding carboxylic acids is 1. The highest BCUT2D eigenvalue weighted by Crippen LogP contribution is 2.11. The summed E-state index contributed by atoms with van der Waals surface area (Å²) in [7, 11) is -3.46. The summed E-state index contributed by atoms with van der Waals surface area (Å²) in [6, 6.07) is 9.85. The van der Waals surface area contributed by atoms with Crippen LogP contribution in [0.15, 0.2) is 53.6 Å². The summed E-state index contributed by atoms with van der Waals surface area (Å²) in [5.41, 5.74) is 1.73. The third-order valence-electron chi connectivity index (χ3n) is 3.11. The lowest BCUT2D eigenvalue weighted by atomic mass is 10.2. The van der Waals surface area contributed by atoms with E-state index in [1.807, 2.05) is 13.0 Å². The number of benzene rings is 1. The van der Waals surface area contributed by atoms with Gasteiger partial charge in [-0.25, -0.2) is 18.1 Å². The highest BCUT2D eigenvalue weighted by Gasteiger charge is 2.11. The predicted octanol–water partition coefficient (Wildman–Crippen LogP) is 2.34. The van der Waals surface area contributed by atoms with Gasteiger partial charge in [-0.15, -0.1) is 0 Å². The Morgan fingerprint density at radius 1 is 1.17 bits per heavy atom. The molecule has 24 heavy (non-hydrogen) atoms. The highest BCUT2D eigenvalue weighted by molar-refractivity contribution is 7.89. The molecule has 2 rings (SSSR count). The zero-order valence-electron chi connectivity index (χ0n) is 13.5. The Labute approximate surface area is 141 Å². The average molecular weight is 345 g/mol. The third-order valence-corrected chi connectivity index (χ3v) is 4.68. The molecule has 0 radical (unpaired) electrons. The van der Waals surface area contributed by atoms with Crippen molar-refractivity contribution in [3.63, 3.8) is 0 Å². The van der Waals surface area contributed by atoms with Crippen LogP contribution in [0.4, 0.5) is 5.82 Å². The van der Waals surface area contributed by atoms with Gasteiger partial charge in [0, 0.05) is 18.8 Å². The lowest BCUT2D eigenvalue weighted by Crippen LogP contribution is -2.22. The Bertz CT molecular complexity index is 826. The molecule has 1 amide bonds. The molecule has 0 aliphatic rings. The molecular formula is C17H19N3O3S. The van der Waals surface area contributed by atoms with Gasteiger partial charge in [0.2, 0.25) is 15.9 Å². The summed E-state index contributed by atoms with van der Waals surface area (Å²) in [6.45, 7) is 3.96. The number of sulfonamides is 1. The van der Waals surface area contributed by atoms with Gasteiger partial charge >= 0.3 is 0 Å². The molecule has 0 unspecified atom stereocenters. The number of rotatable bonds is 6. The molecule has 0 bridgehead atoms. The number of carbonyl (C=O) groups is 1. The number of aromatic nitrogens is 1. The van der Waals surface area contributed by atoms with Crippen LogP contribution in [0.25, 0.3) is 6.08 Å². The molecule has 2 aromatic rings. The largest absolute Gasteiger partial charge is 0.307 e. The van der Waals surface area contributed by atoms with E-state index in [2.05, 4.69) is 15.0 Å². The number of pyridine rings is 1. The van der Waals surface area contributed by atoms with Crippen LogP contribution in [0.2, 0.25) is 0 Å². The van der Waals surface area contributed by atoms with Gasteiger partial charge in [0.1, 0.15) is 5.82 Å². The molecule has 0 atom stereocenters. The molecule has 0 aliphatic carbocycles. The normalized spacial score (nSPS) is 11.6. The fraction of sp³-hybridized carbons (Fsp3) is 0.176. The van der Waals surface area contributed by atoms with Crippen molar-refractivity contribution in [3.8, 4) is 0 Å². The number of nitrogens with one attached hydrogen (secondary N) is 2. The van der Waals surface area contributed by atoms with E-state index in [1.54, 1.807) is 37.4 Å². The fourth-order valence-electron chi connectivity index (χ4n) is 1.91. The molecule has 1 heterocycles. The second-order valence-electron chi connectivity index (χ2n) is 5.11. The van der Waals surface area contributed by atoms with Gasteiger partial charge in [0.25, 0.3) is 0 Å². The molecule has 7 heteroatoms. The molecule has 1 aromatic heterocycles. The second kappa shape index (κ2) is 7.85. The van der Waals surface area contributed by atoms with Crippen LogP contribution in [0.5, 0.6) is 0 Å². The summed E-state index contributed by atoms with van der Waals surface area (Å²) < 4.78 is 26.1. The van der Waals surface area contributed by atoms with Crippen LogP contribution in [0.3, 0.4) is 0 Å². The Hall–Kier alpha value is -2.51. The summed E-state index contributed by atoms with van der Waals surface area (Å²) in [5, 5.41) is 2.65. The van der Waals surface area contributed by atoms with E-state index in [-0.39, 0.29) is 10.8 Å². The topological polar surface area (TPSA) is 88.2 Å². The van der Waals surface area contributed by atoms with Crippen LogP contribution in [0.1, 0.15) is 18.1 Å². The maximum atomic E-state index is 11.8. The molecule has 0 aliphatic heterocycles. The van der Waals surface area contributed by atoms with Gasteiger partial charge in [0.05, 0.1) is 4.90 Å². The molecule has 1 aromatic carbocycles. The Kier molecular flexibility index (Phi) is 5.83. The maximum absolute atomic E-state index is 11.8. The van der Waals surface area contributed by atoms with Gasteiger partial charge in [-0.1, -0.05) is 25.1 Å². The van der Waals surface area contributed by atoms with Crippen LogP contribution >= 0.6 is 0 Å². The Balaban J connectivity index is 2.01. The first-order valence-electron chi connectivity index (χ1n) is 7.42. The number of nitrogens with zero attached hydrogens (tertiary/aromatic N) is 1. The Morgan fingerprint density at radius 3 is 2.46 bits per heavy atom. The second-order valence-corrected chi connectivity index (χ2v) is 6.88. The zero-order valence-corrected chi connectivity index (χ0v) is 14.3. The third kappa shape index (κ3) is 5.00. The molecule has 6 nitrogen and oxygen atoms in total. The Morgan fingerprint density at radius 2 is 1.88 bits per heavy atom. The minimum Gasteiger partial charge on any atom is -0.307 e. The van der Waals surface area contributed by atoms with Crippen molar-refractivity contribution < 1.29 is 13.2 Å². The van der Waals surface area contributed by atoms with Crippen molar-refractivity contribution in [2.45, 2.75) is 18.7 Å². The smallest absolute Gasteiger partial charge is 0.249 e. The quantitative estimate of drug-likeness (QED) is 0.787. The molecule has 0 spiro atoms. The number of hydrogen-bond acceptors (Lipinski definition) is 4. The molecular weight excluding hydrogens is 326 g/mol. The van der Waals surface area contributed by atoms with E-state index < -0.39 is 10.0 Å². The molecule has 0 fully saturated rings. The molecule has 0 saturated carbocycles. The fourth-order valence-corrected chi connectivity index (χ4v) is 2.95. The lowest BCUT2D eigenvalue weighted by Gasteiger charge is -2.04. The predicted molar refractivity (Wildman–Crippen MR) is 93.9 cm³/mol. The first kappa shape index (κ1) is 17.8. The summed E-state index contributed by atoms with van der Waals surface area (Å²) >= 11 is 0. The van der Waals surface area contributed by atoms with Crippen molar-refractivity contribution in [1.29, 1.82) is 0 Å². The molecule has 126 valence electrons. The van der Waals surface area contributed by atoms with Gasteiger partial charge in [0.15, 0.2) is 0 Å². The lowest BCUT2D eigenvalue weighted by molar-refractivity contribution is -0.111. The van der Waals surface area contributed by atoms with Crippen molar-refractivity contribution in [3.05, 3.63) is 59.8 Å². The van der Waals surface area contributed by atoms with E-state index >= 15 is 0 Å². The summed E-state index contributed by atoms with van der Waals surface area (Å²) in [6.07, 6.45) is 4.64. The van der Waals surface area contributed by atoms with E-state index in [4.69, 9.17) is 0 Å². The van der Waals surface area contributed by atoms with Gasteiger partial charge in [-0.2, -0.15) is 0 Å². The van der Waals surface area contributed by atoms with Crippen LogP contribution in [-0.4, -0.2) is 25.9 Å². The number of amides is 1. The molecule has 2 N–H and O–H groups in total. The van der Waals surface area contributed by atoms with E-state index in [1.165, 1.54) is 18.2 Å². The minimum absolute atomic E-state index is 0.190. The molecule has 0 saturated heterocycles. The van der Waals surface area contributed by atoms with Gasteiger partial charge in [-0.05, 0) is 42.3 Å². The van der Waals surface area contributed by atoms with E-state index in [0.717, 1.165) is 11.1 Å². The van der Waals surface area contributed by atoms with Crippen molar-refractivity contribution in [2.24, 2.45) is 0 Å². The van der Waals surface area contributed by atoms with Gasteiger partial charge in [-0.3, -0.25) is 4.79 Å². The van der Waals surface area contributed by atoms with Crippen LogP contribution < -0.4 is 10.0 Å². The van der Waals surface area contributed by atoms with Crippen molar-refractivity contribution in [2.75, 3.05) is 11.9 Å². The van der Waals surface area contributed by atoms with Crippen LogP contribution in [-0.2, 0) is 14.8 Å². The number of hydrogen-bond donors (Lipinski definition) is 2. The average Bonchev–Trinajstić information content (AvgIpc) is 2.55. The van der Waals surface area contributed by atoms with Crippen LogP contribution in [0, 0.1) is 6.92 Å². The highest BCUT2D eigenvalue weighted by atomic mass is 32.2. The number of aryl methyl sites for hydroxylation is 1. The monoisotopic (exact) mass is 345 g/mol. The summed E-state index contributed by atoms with van der Waals surface area (Å²) in [4.78, 5) is 16.1. The van der Waals surface area contributed by atoms with Crippen molar-refractivity contribution in [1.82, 2.24) is 9.71 Å².